The quantitative estimate of drug-likeness (QED) is 0.686. The molecule has 7 nitrogen and oxygen atoms in total. The van der Waals surface area contributed by atoms with Crippen LogP contribution >= 0.6 is 11.6 Å². The number of fused-ring (bicyclic) bond motifs is 1. The van der Waals surface area contributed by atoms with Gasteiger partial charge in [0.1, 0.15) is 17.8 Å². The van der Waals surface area contributed by atoms with Crippen LogP contribution in [0.25, 0.3) is 11.0 Å². The average molecular weight is 399 g/mol. The van der Waals surface area contributed by atoms with E-state index in [0.29, 0.717) is 31.1 Å². The van der Waals surface area contributed by atoms with Crippen molar-refractivity contribution in [2.75, 3.05) is 37.6 Å². The molecular weight excluding hydrogens is 376 g/mol. The van der Waals surface area contributed by atoms with Crippen molar-refractivity contribution in [1.29, 1.82) is 0 Å². The summed E-state index contributed by atoms with van der Waals surface area (Å²) < 4.78 is 0. The standard InChI is InChI=1S/C20H23ClN6O/c21-16-3-1-14(2-4-16)11-15(12-22)20(28)27-9-7-26(8-10-27)19-17-5-6-23-18(17)24-13-25-19/h1-6,13,15H,7-12,22H2,(H,23,24,25)/t15-/m0/s1. The maximum atomic E-state index is 13.0. The van der Waals surface area contributed by atoms with Crippen LogP contribution in [0.1, 0.15) is 5.56 Å². The molecule has 0 unspecified atom stereocenters. The zero-order chi connectivity index (χ0) is 19.5. The minimum absolute atomic E-state index is 0.117. The van der Waals surface area contributed by atoms with Crippen LogP contribution in [0.5, 0.6) is 0 Å². The van der Waals surface area contributed by atoms with Gasteiger partial charge in [-0.2, -0.15) is 0 Å². The molecule has 0 radical (unpaired) electrons. The van der Waals surface area contributed by atoms with E-state index in [2.05, 4.69) is 19.9 Å². The van der Waals surface area contributed by atoms with Crippen LogP contribution in [-0.4, -0.2) is 58.5 Å². The van der Waals surface area contributed by atoms with Crippen molar-refractivity contribution in [3.63, 3.8) is 0 Å². The van der Waals surface area contributed by atoms with Crippen LogP contribution < -0.4 is 10.6 Å². The first kappa shape index (κ1) is 18.7. The number of amides is 1. The first-order valence-electron chi connectivity index (χ1n) is 9.42. The van der Waals surface area contributed by atoms with Crippen molar-refractivity contribution in [3.8, 4) is 0 Å². The number of halogens is 1. The third kappa shape index (κ3) is 3.81. The molecule has 1 amide bonds. The number of aromatic amines is 1. The normalized spacial score (nSPS) is 15.8. The molecule has 0 spiro atoms. The summed E-state index contributed by atoms with van der Waals surface area (Å²) in [5.74, 6) is 0.810. The van der Waals surface area contributed by atoms with Crippen molar-refractivity contribution in [1.82, 2.24) is 19.9 Å². The number of piperazine rings is 1. The fourth-order valence-electron chi connectivity index (χ4n) is 3.68. The third-order valence-electron chi connectivity index (χ3n) is 5.25. The predicted molar refractivity (Wildman–Crippen MR) is 110 cm³/mol. The van der Waals surface area contributed by atoms with Gasteiger partial charge in [0.25, 0.3) is 0 Å². The Kier molecular flexibility index (Phi) is 5.45. The molecule has 3 heterocycles. The monoisotopic (exact) mass is 398 g/mol. The Labute approximate surface area is 168 Å². The first-order valence-corrected chi connectivity index (χ1v) is 9.80. The molecular formula is C20H23ClN6O. The minimum atomic E-state index is -0.219. The number of benzene rings is 1. The second-order valence-corrected chi connectivity index (χ2v) is 7.45. The number of carbonyl (C=O) groups excluding carboxylic acids is 1. The number of hydrogen-bond donors (Lipinski definition) is 2. The van der Waals surface area contributed by atoms with Crippen LogP contribution in [0.2, 0.25) is 5.02 Å². The highest BCUT2D eigenvalue weighted by Gasteiger charge is 2.28. The Hall–Kier alpha value is -2.64. The molecule has 1 aromatic carbocycles. The SMILES string of the molecule is NC[C@H](Cc1ccc(Cl)cc1)C(=O)N1CCN(c2ncnc3[nH]ccc23)CC1. The van der Waals surface area contributed by atoms with E-state index in [1.54, 1.807) is 6.33 Å². The number of anilines is 1. The lowest BCUT2D eigenvalue weighted by Crippen LogP contribution is -2.51. The maximum absolute atomic E-state index is 13.0. The Balaban J connectivity index is 1.40. The highest BCUT2D eigenvalue weighted by molar-refractivity contribution is 6.30. The molecule has 0 aliphatic carbocycles. The van der Waals surface area contributed by atoms with Gasteiger partial charge in [-0.15, -0.1) is 0 Å². The highest BCUT2D eigenvalue weighted by Crippen LogP contribution is 2.23. The predicted octanol–water partition coefficient (Wildman–Crippen LogP) is 2.08. The zero-order valence-corrected chi connectivity index (χ0v) is 16.3. The molecule has 28 heavy (non-hydrogen) atoms. The number of hydrogen-bond acceptors (Lipinski definition) is 5. The number of rotatable bonds is 5. The van der Waals surface area contributed by atoms with Gasteiger partial charge in [0, 0.05) is 43.9 Å². The number of nitrogens with one attached hydrogen (secondary N) is 1. The number of H-pyrrole nitrogens is 1. The first-order chi connectivity index (χ1) is 13.7. The van der Waals surface area contributed by atoms with Crippen molar-refractivity contribution >= 4 is 34.4 Å². The molecule has 0 bridgehead atoms. The number of carbonyl (C=O) groups is 1. The summed E-state index contributed by atoms with van der Waals surface area (Å²) in [6, 6.07) is 9.58. The molecule has 1 aliphatic rings. The number of nitrogens with zero attached hydrogens (tertiary/aromatic N) is 4. The largest absolute Gasteiger partial charge is 0.352 e. The van der Waals surface area contributed by atoms with Crippen LogP contribution in [0.4, 0.5) is 5.82 Å². The molecule has 1 fully saturated rings. The van der Waals surface area contributed by atoms with E-state index in [1.165, 1.54) is 0 Å². The molecule has 3 aromatic rings. The highest BCUT2D eigenvalue weighted by atomic mass is 35.5. The van der Waals surface area contributed by atoms with E-state index in [9.17, 15) is 4.79 Å². The van der Waals surface area contributed by atoms with Crippen LogP contribution in [0, 0.1) is 5.92 Å². The smallest absolute Gasteiger partial charge is 0.227 e. The second kappa shape index (κ2) is 8.16. The fraction of sp³-hybridized carbons (Fsp3) is 0.350. The van der Waals surface area contributed by atoms with Gasteiger partial charge in [0.05, 0.1) is 11.3 Å². The summed E-state index contributed by atoms with van der Waals surface area (Å²) >= 11 is 5.94. The summed E-state index contributed by atoms with van der Waals surface area (Å²) in [5.41, 5.74) is 7.82. The lowest BCUT2D eigenvalue weighted by Gasteiger charge is -2.37. The van der Waals surface area contributed by atoms with E-state index >= 15 is 0 Å². The van der Waals surface area contributed by atoms with Crippen molar-refractivity contribution in [3.05, 3.63) is 53.4 Å². The third-order valence-corrected chi connectivity index (χ3v) is 5.50. The Morgan fingerprint density at radius 2 is 1.89 bits per heavy atom. The molecule has 1 saturated heterocycles. The Bertz CT molecular complexity index is 949. The molecule has 1 aliphatic heterocycles. The molecule has 1 atom stereocenters. The summed E-state index contributed by atoms with van der Waals surface area (Å²) in [6.45, 7) is 3.12. The van der Waals surface area contributed by atoms with Crippen molar-refractivity contribution in [2.24, 2.45) is 11.7 Å². The molecule has 146 valence electrons. The van der Waals surface area contributed by atoms with Crippen LogP contribution in [0.15, 0.2) is 42.9 Å². The average Bonchev–Trinajstić information content (AvgIpc) is 3.22. The van der Waals surface area contributed by atoms with Crippen molar-refractivity contribution in [2.45, 2.75) is 6.42 Å². The fourth-order valence-corrected chi connectivity index (χ4v) is 3.81. The van der Waals surface area contributed by atoms with Gasteiger partial charge in [-0.25, -0.2) is 9.97 Å². The Morgan fingerprint density at radius 3 is 2.61 bits per heavy atom. The second-order valence-electron chi connectivity index (χ2n) is 7.01. The van der Waals surface area contributed by atoms with Gasteiger partial charge < -0.3 is 20.5 Å². The summed E-state index contributed by atoms with van der Waals surface area (Å²) in [7, 11) is 0. The van der Waals surface area contributed by atoms with Gasteiger partial charge in [-0.3, -0.25) is 4.79 Å². The molecule has 2 aromatic heterocycles. The Morgan fingerprint density at radius 1 is 1.14 bits per heavy atom. The topological polar surface area (TPSA) is 91.1 Å². The zero-order valence-electron chi connectivity index (χ0n) is 15.5. The van der Waals surface area contributed by atoms with Gasteiger partial charge >= 0.3 is 0 Å². The van der Waals surface area contributed by atoms with E-state index < -0.39 is 0 Å². The minimum Gasteiger partial charge on any atom is -0.352 e. The van der Waals surface area contributed by atoms with E-state index in [-0.39, 0.29) is 11.8 Å². The summed E-state index contributed by atoms with van der Waals surface area (Å²) in [4.78, 5) is 28.9. The lowest BCUT2D eigenvalue weighted by molar-refractivity contribution is -0.135. The molecule has 4 rings (SSSR count). The van der Waals surface area contributed by atoms with Crippen LogP contribution in [0.3, 0.4) is 0 Å². The number of aromatic nitrogens is 3. The van der Waals surface area contributed by atoms with E-state index in [0.717, 1.165) is 35.5 Å². The van der Waals surface area contributed by atoms with Gasteiger partial charge in [-0.05, 0) is 30.2 Å². The molecule has 3 N–H and O–H groups in total. The van der Waals surface area contributed by atoms with E-state index in [1.807, 2.05) is 41.4 Å². The maximum Gasteiger partial charge on any atom is 0.227 e. The lowest BCUT2D eigenvalue weighted by atomic mass is 9.97. The molecule has 0 saturated carbocycles. The van der Waals surface area contributed by atoms with Gasteiger partial charge in [0.2, 0.25) is 5.91 Å². The van der Waals surface area contributed by atoms with Gasteiger partial charge in [0.15, 0.2) is 0 Å². The van der Waals surface area contributed by atoms with Crippen molar-refractivity contribution < 1.29 is 4.79 Å². The van der Waals surface area contributed by atoms with E-state index in [4.69, 9.17) is 17.3 Å². The summed E-state index contributed by atoms with van der Waals surface area (Å²) in [6.07, 6.45) is 4.07. The molecule has 8 heteroatoms. The van der Waals surface area contributed by atoms with Crippen LogP contribution in [-0.2, 0) is 11.2 Å². The van der Waals surface area contributed by atoms with Gasteiger partial charge in [-0.1, -0.05) is 23.7 Å². The summed E-state index contributed by atoms with van der Waals surface area (Å²) in [5, 5.41) is 1.70. The number of nitrogens with two attached hydrogens (primary N) is 1.